The third-order valence-electron chi connectivity index (χ3n) is 3.32. The lowest BCUT2D eigenvalue weighted by molar-refractivity contribution is 0.981. The van der Waals surface area contributed by atoms with E-state index in [9.17, 15) is 0 Å². The summed E-state index contributed by atoms with van der Waals surface area (Å²) in [6.07, 6.45) is 2.92. The van der Waals surface area contributed by atoms with Crippen molar-refractivity contribution in [1.82, 2.24) is 4.98 Å². The van der Waals surface area contributed by atoms with E-state index in [2.05, 4.69) is 22.4 Å². The largest absolute Gasteiger partial charge is 0.340 e. The van der Waals surface area contributed by atoms with Gasteiger partial charge in [0.2, 0.25) is 0 Å². The summed E-state index contributed by atoms with van der Waals surface area (Å²) in [4.78, 5) is 4.38. The lowest BCUT2D eigenvalue weighted by Crippen LogP contribution is -2.01. The molecule has 0 bridgehead atoms. The molecule has 0 saturated heterocycles. The molecule has 1 aliphatic rings. The number of rotatable bonds is 3. The number of nitrogens with two attached hydrogens (primary N) is 1. The number of benzene rings is 1. The van der Waals surface area contributed by atoms with Gasteiger partial charge >= 0.3 is 0 Å². The highest BCUT2D eigenvalue weighted by molar-refractivity contribution is 5.58. The molecule has 94 valence electrons. The zero-order chi connectivity index (χ0) is 13.2. The Morgan fingerprint density at radius 1 is 1.32 bits per heavy atom. The Labute approximate surface area is 111 Å². The van der Waals surface area contributed by atoms with Crippen LogP contribution in [0.2, 0.25) is 0 Å². The Morgan fingerprint density at radius 3 is 2.79 bits per heavy atom. The molecule has 1 aliphatic carbocycles. The minimum Gasteiger partial charge on any atom is -0.340 e. The first-order valence-corrected chi connectivity index (χ1v) is 6.25. The maximum Gasteiger partial charge on any atom is 0.130 e. The predicted octanol–water partition coefficient (Wildman–Crippen LogP) is 2.51. The molecule has 0 amide bonds. The van der Waals surface area contributed by atoms with Crippen LogP contribution in [0.4, 0.5) is 11.5 Å². The second kappa shape index (κ2) is 4.71. The Kier molecular flexibility index (Phi) is 2.90. The Balaban J connectivity index is 1.74. The van der Waals surface area contributed by atoms with E-state index in [-0.39, 0.29) is 0 Å². The van der Waals surface area contributed by atoms with Crippen LogP contribution in [0.5, 0.6) is 0 Å². The highest BCUT2D eigenvalue weighted by Crippen LogP contribution is 2.38. The van der Waals surface area contributed by atoms with Crippen LogP contribution in [0, 0.1) is 11.3 Å². The van der Waals surface area contributed by atoms with E-state index in [1.807, 2.05) is 24.4 Å². The van der Waals surface area contributed by atoms with Gasteiger partial charge in [-0.2, -0.15) is 5.26 Å². The van der Waals surface area contributed by atoms with Crippen molar-refractivity contribution >= 4 is 11.5 Å². The maximum atomic E-state index is 8.85. The monoisotopic (exact) mass is 250 g/mol. The second-order valence-electron chi connectivity index (χ2n) is 4.80. The van der Waals surface area contributed by atoms with Crippen LogP contribution in [0.3, 0.4) is 0 Å². The molecule has 1 heterocycles. The molecule has 1 aromatic carbocycles. The number of nitriles is 1. The van der Waals surface area contributed by atoms with E-state index >= 15 is 0 Å². The summed E-state index contributed by atoms with van der Waals surface area (Å²) in [5.74, 6) is 1.25. The molecule has 2 atom stereocenters. The van der Waals surface area contributed by atoms with Crippen molar-refractivity contribution in [3.05, 3.63) is 53.7 Å². The highest BCUT2D eigenvalue weighted by Gasteiger charge is 2.34. The molecule has 1 fully saturated rings. The lowest BCUT2D eigenvalue weighted by atomic mass is 10.2. The van der Waals surface area contributed by atoms with Crippen molar-refractivity contribution < 1.29 is 0 Å². The van der Waals surface area contributed by atoms with Gasteiger partial charge in [-0.15, -0.1) is 0 Å². The minimum absolute atomic E-state index is 0.299. The van der Waals surface area contributed by atoms with Gasteiger partial charge in [-0.25, -0.2) is 4.98 Å². The summed E-state index contributed by atoms with van der Waals surface area (Å²) in [5.41, 5.74) is 8.51. The lowest BCUT2D eigenvalue weighted by Gasteiger charge is -2.06. The third kappa shape index (κ3) is 2.56. The van der Waals surface area contributed by atoms with Gasteiger partial charge in [-0.3, -0.25) is 0 Å². The highest BCUT2D eigenvalue weighted by atomic mass is 15.0. The fourth-order valence-corrected chi connectivity index (χ4v) is 2.11. The summed E-state index contributed by atoms with van der Waals surface area (Å²) >= 11 is 0. The van der Waals surface area contributed by atoms with Crippen molar-refractivity contribution in [2.24, 2.45) is 5.73 Å². The maximum absolute atomic E-state index is 8.85. The van der Waals surface area contributed by atoms with E-state index in [0.29, 0.717) is 17.5 Å². The first-order chi connectivity index (χ1) is 9.26. The Hall–Kier alpha value is -2.38. The summed E-state index contributed by atoms with van der Waals surface area (Å²) in [7, 11) is 0. The molecule has 1 aromatic heterocycles. The summed E-state index contributed by atoms with van der Waals surface area (Å²) in [6, 6.07) is 13.7. The molecule has 2 aromatic rings. The van der Waals surface area contributed by atoms with Gasteiger partial charge in [0.25, 0.3) is 0 Å². The second-order valence-corrected chi connectivity index (χ2v) is 4.80. The number of anilines is 2. The average molecular weight is 250 g/mol. The molecule has 0 spiro atoms. The quantitative estimate of drug-likeness (QED) is 0.877. The molecular formula is C15H14N4. The first kappa shape index (κ1) is 11.7. The summed E-state index contributed by atoms with van der Waals surface area (Å²) in [5, 5.41) is 12.0. The van der Waals surface area contributed by atoms with E-state index in [1.54, 1.807) is 12.1 Å². The van der Waals surface area contributed by atoms with Crippen LogP contribution in [0.25, 0.3) is 0 Å². The first-order valence-electron chi connectivity index (χ1n) is 6.25. The van der Waals surface area contributed by atoms with Crippen molar-refractivity contribution in [3.8, 4) is 6.07 Å². The number of aromatic nitrogens is 1. The SMILES string of the molecule is N#Cc1cccc(Nc2ccc([C@H]3C[C@@H]3N)cn2)c1. The molecule has 4 heteroatoms. The smallest absolute Gasteiger partial charge is 0.130 e. The fraction of sp³-hybridized carbons (Fsp3) is 0.200. The Bertz CT molecular complexity index is 627. The van der Waals surface area contributed by atoms with E-state index < -0.39 is 0 Å². The number of hydrogen-bond acceptors (Lipinski definition) is 4. The van der Waals surface area contributed by atoms with E-state index in [1.165, 1.54) is 5.56 Å². The van der Waals surface area contributed by atoms with Gasteiger partial charge in [-0.05, 0) is 36.2 Å². The molecule has 3 rings (SSSR count). The number of pyridine rings is 1. The molecule has 0 radical (unpaired) electrons. The third-order valence-corrected chi connectivity index (χ3v) is 3.32. The van der Waals surface area contributed by atoms with Crippen molar-refractivity contribution in [2.75, 3.05) is 5.32 Å². The molecule has 0 aliphatic heterocycles. The molecule has 4 nitrogen and oxygen atoms in total. The van der Waals surface area contributed by atoms with E-state index in [4.69, 9.17) is 11.0 Å². The van der Waals surface area contributed by atoms with Gasteiger partial charge in [-0.1, -0.05) is 12.1 Å². The standard InChI is InChI=1S/C15H14N4/c16-8-10-2-1-3-12(6-10)19-15-5-4-11(9-18-15)13-7-14(13)17/h1-6,9,13-14H,7,17H2,(H,18,19)/t13-,14+/m1/s1. The Morgan fingerprint density at radius 2 is 2.16 bits per heavy atom. The molecule has 0 unspecified atom stereocenters. The van der Waals surface area contributed by atoms with Gasteiger partial charge < -0.3 is 11.1 Å². The normalized spacial score (nSPS) is 20.6. The van der Waals surface area contributed by atoms with Crippen LogP contribution in [-0.2, 0) is 0 Å². The molecule has 1 saturated carbocycles. The topological polar surface area (TPSA) is 74.7 Å². The number of nitrogens with one attached hydrogen (secondary N) is 1. The average Bonchev–Trinajstić information content (AvgIpc) is 3.17. The zero-order valence-electron chi connectivity index (χ0n) is 10.4. The zero-order valence-corrected chi connectivity index (χ0v) is 10.4. The van der Waals surface area contributed by atoms with Gasteiger partial charge in [0, 0.05) is 23.8 Å². The van der Waals surface area contributed by atoms with Gasteiger partial charge in [0.05, 0.1) is 11.6 Å². The molecular weight excluding hydrogens is 236 g/mol. The summed E-state index contributed by atoms with van der Waals surface area (Å²) < 4.78 is 0. The van der Waals surface area contributed by atoms with E-state index in [0.717, 1.165) is 17.9 Å². The van der Waals surface area contributed by atoms with Crippen LogP contribution >= 0.6 is 0 Å². The number of hydrogen-bond donors (Lipinski definition) is 2. The van der Waals surface area contributed by atoms with Crippen molar-refractivity contribution in [1.29, 1.82) is 5.26 Å². The van der Waals surface area contributed by atoms with Crippen LogP contribution in [0.1, 0.15) is 23.5 Å². The van der Waals surface area contributed by atoms with Crippen LogP contribution in [0.15, 0.2) is 42.6 Å². The van der Waals surface area contributed by atoms with Crippen molar-refractivity contribution in [3.63, 3.8) is 0 Å². The van der Waals surface area contributed by atoms with Crippen LogP contribution in [-0.4, -0.2) is 11.0 Å². The van der Waals surface area contributed by atoms with Gasteiger partial charge in [0.1, 0.15) is 5.82 Å². The fourth-order valence-electron chi connectivity index (χ4n) is 2.11. The minimum atomic E-state index is 0.299. The molecule has 3 N–H and O–H groups in total. The van der Waals surface area contributed by atoms with Crippen molar-refractivity contribution in [2.45, 2.75) is 18.4 Å². The van der Waals surface area contributed by atoms with Crippen LogP contribution < -0.4 is 11.1 Å². The molecule has 19 heavy (non-hydrogen) atoms. The number of nitrogens with zero attached hydrogens (tertiary/aromatic N) is 2. The summed E-state index contributed by atoms with van der Waals surface area (Å²) in [6.45, 7) is 0. The van der Waals surface area contributed by atoms with Gasteiger partial charge in [0.15, 0.2) is 0 Å². The predicted molar refractivity (Wildman–Crippen MR) is 74.0 cm³/mol.